The Balaban J connectivity index is 1.71. The van der Waals surface area contributed by atoms with Crippen LogP contribution in [-0.4, -0.2) is 34.6 Å². The molecule has 6 nitrogen and oxygen atoms in total. The average Bonchev–Trinajstić information content (AvgIpc) is 3.39. The van der Waals surface area contributed by atoms with Crippen LogP contribution in [0.2, 0.25) is 0 Å². The summed E-state index contributed by atoms with van der Waals surface area (Å²) in [7, 11) is 1.37. The Labute approximate surface area is 187 Å². The van der Waals surface area contributed by atoms with Gasteiger partial charge in [0.05, 0.1) is 24.4 Å². The summed E-state index contributed by atoms with van der Waals surface area (Å²) in [5.74, 6) is 1.53. The van der Waals surface area contributed by atoms with Crippen molar-refractivity contribution in [2.45, 2.75) is 25.9 Å². The van der Waals surface area contributed by atoms with Crippen LogP contribution < -0.4 is 5.32 Å². The van der Waals surface area contributed by atoms with Crippen LogP contribution in [0.15, 0.2) is 65.2 Å². The Bertz CT molecular complexity index is 1080. The minimum Gasteiger partial charge on any atom is -0.465 e. The standard InChI is InChI=1S/C24H25N3O3S/c1-15(2)14-27-22(21(26-24(27)31)18-9-4-5-12-25-18)20-11-10-19(30-20)16-7-6-8-17(13-16)23(28)29-3/h4-13,15,21-22H,14H2,1-3H3,(H,26,31)/t21-,22+/m0/s1. The molecular weight excluding hydrogens is 410 g/mol. The van der Waals surface area contributed by atoms with Gasteiger partial charge in [0.25, 0.3) is 0 Å². The van der Waals surface area contributed by atoms with E-state index in [0.29, 0.717) is 22.4 Å². The van der Waals surface area contributed by atoms with Crippen molar-refractivity contribution < 1.29 is 13.9 Å². The van der Waals surface area contributed by atoms with E-state index in [1.165, 1.54) is 7.11 Å². The number of hydrogen-bond donors (Lipinski definition) is 1. The maximum atomic E-state index is 11.9. The molecule has 1 N–H and O–H groups in total. The second-order valence-corrected chi connectivity index (χ2v) is 8.33. The first-order chi connectivity index (χ1) is 15.0. The van der Waals surface area contributed by atoms with Gasteiger partial charge in [-0.25, -0.2) is 4.79 Å². The van der Waals surface area contributed by atoms with Crippen LogP contribution in [0.1, 0.15) is 47.7 Å². The molecule has 0 aliphatic carbocycles. The first-order valence-corrected chi connectivity index (χ1v) is 10.6. The summed E-state index contributed by atoms with van der Waals surface area (Å²) in [6.45, 7) is 5.13. The van der Waals surface area contributed by atoms with Crippen molar-refractivity contribution in [3.05, 3.63) is 77.8 Å². The zero-order valence-corrected chi connectivity index (χ0v) is 18.6. The Kier molecular flexibility index (Phi) is 6.04. The first kappa shape index (κ1) is 21.1. The molecule has 0 saturated carbocycles. The number of carbonyl (C=O) groups is 1. The van der Waals surface area contributed by atoms with Crippen molar-refractivity contribution in [2.75, 3.05) is 13.7 Å². The summed E-state index contributed by atoms with van der Waals surface area (Å²) < 4.78 is 11.1. The van der Waals surface area contributed by atoms with Gasteiger partial charge in [-0.3, -0.25) is 4.98 Å². The molecule has 1 aromatic carbocycles. The van der Waals surface area contributed by atoms with E-state index in [2.05, 4.69) is 29.0 Å². The number of ether oxygens (including phenoxy) is 1. The van der Waals surface area contributed by atoms with Crippen LogP contribution in [0.5, 0.6) is 0 Å². The molecule has 4 rings (SSSR count). The Morgan fingerprint density at radius 2 is 2.06 bits per heavy atom. The lowest BCUT2D eigenvalue weighted by Crippen LogP contribution is -2.32. The second-order valence-electron chi connectivity index (χ2n) is 7.95. The maximum absolute atomic E-state index is 11.9. The number of nitrogens with zero attached hydrogens (tertiary/aromatic N) is 2. The van der Waals surface area contributed by atoms with Crippen LogP contribution >= 0.6 is 12.2 Å². The smallest absolute Gasteiger partial charge is 0.337 e. The Morgan fingerprint density at radius 3 is 2.77 bits per heavy atom. The van der Waals surface area contributed by atoms with Gasteiger partial charge in [0, 0.05) is 18.3 Å². The van der Waals surface area contributed by atoms with Gasteiger partial charge in [-0.15, -0.1) is 0 Å². The molecular formula is C24H25N3O3S. The summed E-state index contributed by atoms with van der Waals surface area (Å²) >= 11 is 5.67. The molecule has 1 fully saturated rings. The topological polar surface area (TPSA) is 67.6 Å². The first-order valence-electron chi connectivity index (χ1n) is 10.2. The zero-order chi connectivity index (χ0) is 22.0. The van der Waals surface area contributed by atoms with Crippen molar-refractivity contribution in [3.63, 3.8) is 0 Å². The number of hydrogen-bond acceptors (Lipinski definition) is 5. The zero-order valence-electron chi connectivity index (χ0n) is 17.7. The molecule has 0 radical (unpaired) electrons. The number of thiocarbonyl (C=S) groups is 1. The minimum absolute atomic E-state index is 0.118. The Morgan fingerprint density at radius 1 is 1.23 bits per heavy atom. The van der Waals surface area contributed by atoms with E-state index < -0.39 is 0 Å². The van der Waals surface area contributed by atoms with Gasteiger partial charge >= 0.3 is 5.97 Å². The lowest BCUT2D eigenvalue weighted by Gasteiger charge is -2.27. The van der Waals surface area contributed by atoms with E-state index in [1.807, 2.05) is 42.5 Å². The fourth-order valence-electron chi connectivity index (χ4n) is 3.89. The van der Waals surface area contributed by atoms with Gasteiger partial charge in [-0.2, -0.15) is 0 Å². The quantitative estimate of drug-likeness (QED) is 0.442. The molecule has 2 atom stereocenters. The molecule has 0 unspecified atom stereocenters. The van der Waals surface area contributed by atoms with Gasteiger partial charge in [0.15, 0.2) is 5.11 Å². The average molecular weight is 436 g/mol. The van der Waals surface area contributed by atoms with E-state index in [1.54, 1.807) is 18.3 Å². The summed E-state index contributed by atoms with van der Waals surface area (Å²) in [5.41, 5.74) is 2.20. The van der Waals surface area contributed by atoms with Gasteiger partial charge in [-0.05, 0) is 54.5 Å². The number of aromatic nitrogens is 1. The van der Waals surface area contributed by atoms with Crippen molar-refractivity contribution in [1.29, 1.82) is 0 Å². The third-order valence-electron chi connectivity index (χ3n) is 5.25. The van der Waals surface area contributed by atoms with Gasteiger partial charge in [0.2, 0.25) is 0 Å². The van der Waals surface area contributed by atoms with Crippen LogP contribution in [0.3, 0.4) is 0 Å². The number of esters is 1. The normalized spacial score (nSPS) is 18.3. The number of benzene rings is 1. The van der Waals surface area contributed by atoms with Crippen LogP contribution in [0.4, 0.5) is 0 Å². The molecule has 3 aromatic rings. The fourth-order valence-corrected chi connectivity index (χ4v) is 4.20. The third kappa shape index (κ3) is 4.32. The molecule has 1 saturated heterocycles. The molecule has 31 heavy (non-hydrogen) atoms. The fraction of sp³-hybridized carbons (Fsp3) is 0.292. The summed E-state index contributed by atoms with van der Waals surface area (Å²) in [6, 6.07) is 16.8. The largest absolute Gasteiger partial charge is 0.465 e. The molecule has 0 spiro atoms. The minimum atomic E-state index is -0.378. The van der Waals surface area contributed by atoms with Crippen molar-refractivity contribution >= 4 is 23.3 Å². The highest BCUT2D eigenvalue weighted by Gasteiger charge is 2.41. The molecule has 7 heteroatoms. The lowest BCUT2D eigenvalue weighted by atomic mass is 10.0. The highest BCUT2D eigenvalue weighted by molar-refractivity contribution is 7.80. The van der Waals surface area contributed by atoms with Crippen LogP contribution in [-0.2, 0) is 4.74 Å². The van der Waals surface area contributed by atoms with Crippen LogP contribution in [0, 0.1) is 5.92 Å². The number of nitrogens with one attached hydrogen (secondary N) is 1. The van der Waals surface area contributed by atoms with Crippen molar-refractivity contribution in [1.82, 2.24) is 15.2 Å². The summed E-state index contributed by atoms with van der Waals surface area (Å²) in [4.78, 5) is 18.6. The number of methoxy groups -OCH3 is 1. The Hall–Kier alpha value is -3.19. The van der Waals surface area contributed by atoms with Gasteiger partial charge in [-0.1, -0.05) is 32.0 Å². The number of rotatable bonds is 6. The number of carbonyl (C=O) groups excluding carboxylic acids is 1. The molecule has 3 heterocycles. The van der Waals surface area contributed by atoms with E-state index in [0.717, 1.165) is 23.6 Å². The SMILES string of the molecule is COC(=O)c1cccc(-c2ccc([C@@H]3[C@H](c4ccccn4)NC(=S)N3CC(C)C)o2)c1. The van der Waals surface area contributed by atoms with E-state index in [-0.39, 0.29) is 18.1 Å². The molecule has 1 aliphatic rings. The highest BCUT2D eigenvalue weighted by Crippen LogP contribution is 2.40. The van der Waals surface area contributed by atoms with E-state index in [4.69, 9.17) is 21.4 Å². The van der Waals surface area contributed by atoms with Crippen molar-refractivity contribution in [2.24, 2.45) is 5.92 Å². The molecule has 2 aromatic heterocycles. The van der Waals surface area contributed by atoms with E-state index in [9.17, 15) is 4.79 Å². The number of furan rings is 1. The predicted octanol–water partition coefficient (Wildman–Crippen LogP) is 4.76. The second kappa shape index (κ2) is 8.89. The summed E-state index contributed by atoms with van der Waals surface area (Å²) in [6.07, 6.45) is 1.79. The van der Waals surface area contributed by atoms with Gasteiger partial charge < -0.3 is 19.4 Å². The van der Waals surface area contributed by atoms with Gasteiger partial charge in [0.1, 0.15) is 17.6 Å². The number of pyridine rings is 1. The molecule has 0 amide bonds. The van der Waals surface area contributed by atoms with Crippen LogP contribution in [0.25, 0.3) is 11.3 Å². The lowest BCUT2D eigenvalue weighted by molar-refractivity contribution is 0.0601. The maximum Gasteiger partial charge on any atom is 0.337 e. The highest BCUT2D eigenvalue weighted by atomic mass is 32.1. The molecule has 1 aliphatic heterocycles. The van der Waals surface area contributed by atoms with E-state index >= 15 is 0 Å². The molecule has 0 bridgehead atoms. The monoisotopic (exact) mass is 435 g/mol. The van der Waals surface area contributed by atoms with Crippen molar-refractivity contribution in [3.8, 4) is 11.3 Å². The molecule has 160 valence electrons. The predicted molar refractivity (Wildman–Crippen MR) is 122 cm³/mol. The summed E-state index contributed by atoms with van der Waals surface area (Å²) in [5, 5.41) is 4.12. The third-order valence-corrected chi connectivity index (χ3v) is 5.60.